The molecule has 1 heterocycles. The van der Waals surface area contributed by atoms with Gasteiger partial charge in [0.2, 0.25) is 15.9 Å². The van der Waals surface area contributed by atoms with Crippen molar-refractivity contribution in [2.24, 2.45) is 0 Å². The second-order valence-electron chi connectivity index (χ2n) is 9.79. The van der Waals surface area contributed by atoms with Crippen LogP contribution in [0.25, 0.3) is 0 Å². The number of sulfonamides is 1. The summed E-state index contributed by atoms with van der Waals surface area (Å²) in [5, 5.41) is 3.01. The third-order valence-electron chi connectivity index (χ3n) is 5.42. The van der Waals surface area contributed by atoms with Crippen molar-refractivity contribution >= 4 is 21.6 Å². The molecule has 2 aromatic rings. The highest BCUT2D eigenvalue weighted by Crippen LogP contribution is 2.39. The van der Waals surface area contributed by atoms with E-state index in [0.29, 0.717) is 12.1 Å². The monoisotopic (exact) mass is 444 g/mol. The maximum Gasteiger partial charge on any atom is 0.241 e. The Bertz CT molecular complexity index is 1050. The van der Waals surface area contributed by atoms with Gasteiger partial charge in [0, 0.05) is 12.0 Å². The summed E-state index contributed by atoms with van der Waals surface area (Å²) in [5.74, 6) is 0.379. The zero-order valence-electron chi connectivity index (χ0n) is 19.1. The van der Waals surface area contributed by atoms with Crippen LogP contribution in [-0.4, -0.2) is 32.7 Å². The average Bonchev–Trinajstić information content (AvgIpc) is 2.64. The number of rotatable bonds is 5. The Morgan fingerprint density at radius 2 is 1.74 bits per heavy atom. The molecular formula is C24H32N2O4S. The molecule has 2 aromatic carbocycles. The van der Waals surface area contributed by atoms with Gasteiger partial charge in [-0.3, -0.25) is 9.10 Å². The van der Waals surface area contributed by atoms with Gasteiger partial charge in [-0.25, -0.2) is 8.42 Å². The van der Waals surface area contributed by atoms with Gasteiger partial charge >= 0.3 is 0 Å². The number of nitrogens with zero attached hydrogens (tertiary/aromatic N) is 1. The highest BCUT2D eigenvalue weighted by atomic mass is 32.2. The fourth-order valence-corrected chi connectivity index (χ4v) is 4.69. The lowest BCUT2D eigenvalue weighted by Crippen LogP contribution is -2.45. The van der Waals surface area contributed by atoms with Gasteiger partial charge in [0.15, 0.2) is 0 Å². The molecule has 1 atom stereocenters. The number of fused-ring (bicyclic) bond motifs is 1. The highest BCUT2D eigenvalue weighted by Gasteiger charge is 2.35. The minimum absolute atomic E-state index is 0.0466. The Kier molecular flexibility index (Phi) is 6.11. The van der Waals surface area contributed by atoms with Crippen LogP contribution in [0.5, 0.6) is 5.75 Å². The average molecular weight is 445 g/mol. The number of amides is 1. The summed E-state index contributed by atoms with van der Waals surface area (Å²) in [4.78, 5) is 12.9. The topological polar surface area (TPSA) is 75.7 Å². The van der Waals surface area contributed by atoms with Crippen LogP contribution in [0.4, 0.5) is 5.69 Å². The molecule has 0 saturated carbocycles. The molecule has 0 aromatic heterocycles. The molecule has 0 bridgehead atoms. The predicted molar refractivity (Wildman–Crippen MR) is 124 cm³/mol. The van der Waals surface area contributed by atoms with Crippen LogP contribution in [0.2, 0.25) is 0 Å². The van der Waals surface area contributed by atoms with E-state index in [4.69, 9.17) is 4.74 Å². The van der Waals surface area contributed by atoms with Crippen molar-refractivity contribution < 1.29 is 17.9 Å². The molecule has 168 valence electrons. The van der Waals surface area contributed by atoms with E-state index in [0.717, 1.165) is 27.4 Å². The van der Waals surface area contributed by atoms with E-state index in [2.05, 4.69) is 26.1 Å². The maximum absolute atomic E-state index is 12.9. The number of ether oxygens (including phenoxy) is 1. The molecule has 0 aliphatic carbocycles. The number of carbonyl (C=O) groups excluding carboxylic acids is 1. The normalized spacial score (nSPS) is 17.9. The number of carbonyl (C=O) groups is 1. The Balaban J connectivity index is 1.81. The first-order valence-corrected chi connectivity index (χ1v) is 12.3. The van der Waals surface area contributed by atoms with E-state index in [1.54, 1.807) is 12.1 Å². The van der Waals surface area contributed by atoms with Crippen LogP contribution in [0.15, 0.2) is 48.5 Å². The van der Waals surface area contributed by atoms with Crippen LogP contribution in [-0.2, 0) is 20.2 Å². The van der Waals surface area contributed by atoms with Crippen LogP contribution in [0, 0.1) is 0 Å². The Morgan fingerprint density at radius 3 is 2.32 bits per heavy atom. The van der Waals surface area contributed by atoms with Crippen LogP contribution in [0.3, 0.4) is 0 Å². The minimum Gasteiger partial charge on any atom is -0.487 e. The smallest absolute Gasteiger partial charge is 0.241 e. The lowest BCUT2D eigenvalue weighted by Gasteiger charge is -2.38. The molecule has 1 N–H and O–H groups in total. The molecule has 0 unspecified atom stereocenters. The van der Waals surface area contributed by atoms with Gasteiger partial charge in [0.25, 0.3) is 0 Å². The predicted octanol–water partition coefficient (Wildman–Crippen LogP) is 4.17. The summed E-state index contributed by atoms with van der Waals surface area (Å²) in [5.41, 5.74) is 1.98. The molecular weight excluding hydrogens is 412 g/mol. The number of para-hydroxylation sites is 1. The van der Waals surface area contributed by atoms with Crippen LogP contribution >= 0.6 is 0 Å². The highest BCUT2D eigenvalue weighted by molar-refractivity contribution is 7.92. The molecule has 3 rings (SSSR count). The molecule has 1 aliphatic rings. The number of nitrogens with one attached hydrogen (secondary N) is 1. The summed E-state index contributed by atoms with van der Waals surface area (Å²) < 4.78 is 32.1. The maximum atomic E-state index is 12.9. The molecule has 0 radical (unpaired) electrons. The first-order valence-electron chi connectivity index (χ1n) is 10.4. The molecule has 7 heteroatoms. The van der Waals surface area contributed by atoms with Gasteiger partial charge < -0.3 is 10.1 Å². The van der Waals surface area contributed by atoms with E-state index >= 15 is 0 Å². The fourth-order valence-electron chi connectivity index (χ4n) is 3.83. The van der Waals surface area contributed by atoms with E-state index in [1.807, 2.05) is 50.2 Å². The van der Waals surface area contributed by atoms with Crippen molar-refractivity contribution in [1.29, 1.82) is 0 Å². The Hall–Kier alpha value is -2.54. The van der Waals surface area contributed by atoms with E-state index in [9.17, 15) is 13.2 Å². The molecule has 31 heavy (non-hydrogen) atoms. The van der Waals surface area contributed by atoms with Gasteiger partial charge in [-0.1, -0.05) is 51.1 Å². The molecule has 6 nitrogen and oxygen atoms in total. The summed E-state index contributed by atoms with van der Waals surface area (Å²) in [6.07, 6.45) is 1.71. The van der Waals surface area contributed by atoms with Crippen molar-refractivity contribution in [3.05, 3.63) is 59.7 Å². The summed E-state index contributed by atoms with van der Waals surface area (Å²) in [7, 11) is -3.64. The van der Waals surface area contributed by atoms with Gasteiger partial charge in [-0.15, -0.1) is 0 Å². The van der Waals surface area contributed by atoms with Crippen molar-refractivity contribution in [2.75, 3.05) is 17.1 Å². The zero-order chi connectivity index (χ0) is 23.0. The van der Waals surface area contributed by atoms with E-state index in [1.165, 1.54) is 0 Å². The quantitative estimate of drug-likeness (QED) is 0.751. The summed E-state index contributed by atoms with van der Waals surface area (Å²) in [6.45, 7) is 9.95. The number of benzene rings is 2. The third-order valence-corrected chi connectivity index (χ3v) is 6.56. The second kappa shape index (κ2) is 8.19. The standard InChI is InChI=1S/C24H32N2O4S/c1-23(2,3)17-11-13-18(14-12-17)26(31(6,28)29)16-22(27)25-20-15-24(4,5)30-21-10-8-7-9-19(20)21/h7-14,20H,15-16H2,1-6H3,(H,25,27)/t20-/m1/s1. The first kappa shape index (κ1) is 23.1. The lowest BCUT2D eigenvalue weighted by atomic mass is 9.87. The largest absolute Gasteiger partial charge is 0.487 e. The number of anilines is 1. The number of hydrogen-bond acceptors (Lipinski definition) is 4. The van der Waals surface area contributed by atoms with Gasteiger partial charge in [-0.2, -0.15) is 0 Å². The van der Waals surface area contributed by atoms with Gasteiger partial charge in [0.1, 0.15) is 17.9 Å². The van der Waals surface area contributed by atoms with Crippen molar-refractivity contribution in [1.82, 2.24) is 5.32 Å². The van der Waals surface area contributed by atoms with Crippen LogP contribution in [0.1, 0.15) is 58.2 Å². The van der Waals surface area contributed by atoms with Crippen molar-refractivity contribution in [3.8, 4) is 5.75 Å². The third kappa shape index (κ3) is 5.58. The zero-order valence-corrected chi connectivity index (χ0v) is 19.9. The second-order valence-corrected chi connectivity index (χ2v) is 11.7. The first-order chi connectivity index (χ1) is 14.3. The van der Waals surface area contributed by atoms with E-state index in [-0.39, 0.29) is 23.9 Å². The lowest BCUT2D eigenvalue weighted by molar-refractivity contribution is -0.120. The SMILES string of the molecule is CC1(C)C[C@@H](NC(=O)CN(c2ccc(C(C)(C)C)cc2)S(C)(=O)=O)c2ccccc2O1. The van der Waals surface area contributed by atoms with E-state index < -0.39 is 15.6 Å². The molecule has 0 saturated heterocycles. The Morgan fingerprint density at radius 1 is 1.13 bits per heavy atom. The minimum atomic E-state index is -3.64. The molecule has 1 aliphatic heterocycles. The van der Waals surface area contributed by atoms with Crippen LogP contribution < -0.4 is 14.4 Å². The molecule has 0 spiro atoms. The van der Waals surface area contributed by atoms with Gasteiger partial charge in [-0.05, 0) is 43.0 Å². The Labute approximate surface area is 185 Å². The van der Waals surface area contributed by atoms with Crippen molar-refractivity contribution in [2.45, 2.75) is 58.1 Å². The molecule has 1 amide bonds. The molecule has 0 fully saturated rings. The summed E-state index contributed by atoms with van der Waals surface area (Å²) >= 11 is 0. The van der Waals surface area contributed by atoms with Gasteiger partial charge in [0.05, 0.1) is 18.0 Å². The fraction of sp³-hybridized carbons (Fsp3) is 0.458. The van der Waals surface area contributed by atoms with Crippen molar-refractivity contribution in [3.63, 3.8) is 0 Å². The summed E-state index contributed by atoms with van der Waals surface area (Å²) in [6, 6.07) is 14.7. The number of hydrogen-bond donors (Lipinski definition) is 1.